The smallest absolute Gasteiger partial charge is 0.324 e. The highest BCUT2D eigenvalue weighted by molar-refractivity contribution is 7.89. The second-order valence-electron chi connectivity index (χ2n) is 6.28. The van der Waals surface area contributed by atoms with Crippen molar-refractivity contribution < 1.29 is 22.4 Å². The van der Waals surface area contributed by atoms with Gasteiger partial charge in [0, 0.05) is 0 Å². The van der Waals surface area contributed by atoms with E-state index in [0.717, 1.165) is 16.7 Å². The van der Waals surface area contributed by atoms with Crippen LogP contribution in [0.2, 0.25) is 0 Å². The van der Waals surface area contributed by atoms with Crippen LogP contribution >= 0.6 is 0 Å². The molecule has 0 atom stereocenters. The fourth-order valence-corrected chi connectivity index (χ4v) is 4.19. The molecule has 9 heteroatoms. The minimum Gasteiger partial charge on any atom is -0.467 e. The van der Waals surface area contributed by atoms with Gasteiger partial charge in [0.2, 0.25) is 0 Å². The summed E-state index contributed by atoms with van der Waals surface area (Å²) in [5, 5.41) is 2.33. The zero-order valence-electron chi connectivity index (χ0n) is 15.9. The van der Waals surface area contributed by atoms with Crippen LogP contribution in [0.1, 0.15) is 33.6 Å². The van der Waals surface area contributed by atoms with Crippen LogP contribution in [0.15, 0.2) is 27.7 Å². The van der Waals surface area contributed by atoms with Crippen LogP contribution in [0.25, 0.3) is 0 Å². The van der Waals surface area contributed by atoms with Crippen molar-refractivity contribution in [2.24, 2.45) is 0 Å². The molecule has 0 bridgehead atoms. The lowest BCUT2D eigenvalue weighted by molar-refractivity contribution is -0.139. The van der Waals surface area contributed by atoms with E-state index in [1.165, 1.54) is 6.26 Å². The third kappa shape index (κ3) is 4.37. The fourth-order valence-electron chi connectivity index (χ4n) is 2.75. The van der Waals surface area contributed by atoms with Crippen molar-refractivity contribution in [3.63, 3.8) is 0 Å². The Hall–Kier alpha value is -2.65. The van der Waals surface area contributed by atoms with Crippen molar-refractivity contribution >= 4 is 21.8 Å². The number of hydrogen-bond acceptors (Lipinski definition) is 5. The Morgan fingerprint density at radius 1 is 0.926 bits per heavy atom. The number of sulfonamides is 1. The lowest BCUT2D eigenvalue weighted by Gasteiger charge is -2.19. The molecule has 1 aromatic heterocycles. The largest absolute Gasteiger partial charge is 0.467 e. The number of amides is 2. The quantitative estimate of drug-likeness (QED) is 0.525. The van der Waals surface area contributed by atoms with E-state index in [0.29, 0.717) is 16.9 Å². The van der Waals surface area contributed by atoms with Crippen LogP contribution in [0.5, 0.6) is 0 Å². The number of hydrazine groups is 1. The third-order valence-electron chi connectivity index (χ3n) is 4.71. The van der Waals surface area contributed by atoms with Crippen LogP contribution in [0, 0.1) is 34.6 Å². The Morgan fingerprint density at radius 2 is 1.48 bits per heavy atom. The van der Waals surface area contributed by atoms with E-state index in [2.05, 4.69) is 5.32 Å². The average Bonchev–Trinajstić information content (AvgIpc) is 3.14. The van der Waals surface area contributed by atoms with E-state index in [1.807, 2.05) is 31.0 Å². The minimum atomic E-state index is -4.05. The summed E-state index contributed by atoms with van der Waals surface area (Å²) in [5.41, 5.74) is 5.88. The SMILES string of the molecule is Cc1c(C)c(C)c(S(=O)(=O)NNC(=O)C(=O)NCc2ccco2)c(C)c1C. The van der Waals surface area contributed by atoms with Gasteiger partial charge in [-0.1, -0.05) is 0 Å². The molecular formula is C18H23N3O5S. The number of carbonyl (C=O) groups is 2. The molecule has 3 N–H and O–H groups in total. The normalized spacial score (nSPS) is 11.3. The van der Waals surface area contributed by atoms with Gasteiger partial charge in [0.25, 0.3) is 10.0 Å². The van der Waals surface area contributed by atoms with Gasteiger partial charge in [-0.05, 0) is 74.6 Å². The molecule has 2 rings (SSSR count). The van der Waals surface area contributed by atoms with Crippen molar-refractivity contribution in [2.45, 2.75) is 46.1 Å². The summed E-state index contributed by atoms with van der Waals surface area (Å²) in [5.74, 6) is -1.65. The van der Waals surface area contributed by atoms with Gasteiger partial charge in [-0.3, -0.25) is 15.0 Å². The number of hydrogen-bond donors (Lipinski definition) is 3. The average molecular weight is 393 g/mol. The first-order valence-corrected chi connectivity index (χ1v) is 9.74. The van der Waals surface area contributed by atoms with Gasteiger partial charge in [0.05, 0.1) is 17.7 Å². The molecule has 1 heterocycles. The minimum absolute atomic E-state index is 0.0145. The predicted molar refractivity (Wildman–Crippen MR) is 99.1 cm³/mol. The van der Waals surface area contributed by atoms with Crippen LogP contribution in [-0.2, 0) is 26.2 Å². The Morgan fingerprint density at radius 3 is 2.00 bits per heavy atom. The predicted octanol–water partition coefficient (Wildman–Crippen LogP) is 1.45. The summed E-state index contributed by atoms with van der Waals surface area (Å²) in [6.45, 7) is 9.05. The maximum atomic E-state index is 12.7. The van der Waals surface area contributed by atoms with Crippen molar-refractivity contribution in [2.75, 3.05) is 0 Å². The summed E-state index contributed by atoms with van der Waals surface area (Å²) in [6.07, 6.45) is 1.44. The summed E-state index contributed by atoms with van der Waals surface area (Å²) in [6, 6.07) is 3.28. The maximum absolute atomic E-state index is 12.7. The van der Waals surface area contributed by atoms with Crippen molar-refractivity contribution in [1.82, 2.24) is 15.6 Å². The molecular weight excluding hydrogens is 370 g/mol. The molecule has 0 radical (unpaired) electrons. The zero-order chi connectivity index (χ0) is 20.4. The van der Waals surface area contributed by atoms with Crippen molar-refractivity contribution in [3.8, 4) is 0 Å². The van der Waals surface area contributed by atoms with E-state index < -0.39 is 21.8 Å². The van der Waals surface area contributed by atoms with Gasteiger partial charge < -0.3 is 9.73 Å². The molecule has 0 fully saturated rings. The molecule has 27 heavy (non-hydrogen) atoms. The van der Waals surface area contributed by atoms with E-state index in [4.69, 9.17) is 4.42 Å². The molecule has 146 valence electrons. The number of benzene rings is 1. The zero-order valence-corrected chi connectivity index (χ0v) is 16.7. The monoisotopic (exact) mass is 393 g/mol. The topological polar surface area (TPSA) is 118 Å². The standard InChI is InChI=1S/C18H23N3O5S/c1-10-11(2)13(4)16(14(5)12(10)3)27(24,25)21-20-18(23)17(22)19-9-15-7-6-8-26-15/h6-8,21H,9H2,1-5H3,(H,19,22)(H,20,23). The van der Waals surface area contributed by atoms with Gasteiger partial charge in [-0.15, -0.1) is 4.83 Å². The summed E-state index contributed by atoms with van der Waals surface area (Å²) < 4.78 is 30.4. The Bertz CT molecular complexity index is 950. The van der Waals surface area contributed by atoms with Crippen LogP contribution in [-0.4, -0.2) is 20.2 Å². The van der Waals surface area contributed by atoms with Crippen molar-refractivity contribution in [1.29, 1.82) is 0 Å². The lowest BCUT2D eigenvalue weighted by atomic mass is 9.95. The molecule has 0 aliphatic carbocycles. The fraction of sp³-hybridized carbons (Fsp3) is 0.333. The Kier molecular flexibility index (Phi) is 6.07. The van der Waals surface area contributed by atoms with Gasteiger partial charge in [0.1, 0.15) is 5.76 Å². The summed E-state index contributed by atoms with van der Waals surface area (Å²) in [4.78, 5) is 25.7. The molecule has 2 aromatic rings. The van der Waals surface area contributed by atoms with Gasteiger partial charge >= 0.3 is 11.8 Å². The van der Waals surface area contributed by atoms with E-state index in [-0.39, 0.29) is 11.4 Å². The Balaban J connectivity index is 2.11. The third-order valence-corrected chi connectivity index (χ3v) is 6.23. The molecule has 2 amide bonds. The molecule has 1 aromatic carbocycles. The van der Waals surface area contributed by atoms with Gasteiger partial charge in [0.15, 0.2) is 0 Å². The van der Waals surface area contributed by atoms with Crippen LogP contribution in [0.3, 0.4) is 0 Å². The Labute approximate surface area is 158 Å². The lowest BCUT2D eigenvalue weighted by Crippen LogP contribution is -2.48. The van der Waals surface area contributed by atoms with E-state index >= 15 is 0 Å². The van der Waals surface area contributed by atoms with E-state index in [1.54, 1.807) is 26.0 Å². The molecule has 0 saturated heterocycles. The number of carbonyl (C=O) groups excluding carboxylic acids is 2. The molecule has 0 saturated carbocycles. The highest BCUT2D eigenvalue weighted by atomic mass is 32.2. The van der Waals surface area contributed by atoms with Crippen LogP contribution in [0.4, 0.5) is 0 Å². The van der Waals surface area contributed by atoms with Crippen molar-refractivity contribution in [3.05, 3.63) is 52.0 Å². The number of rotatable bonds is 5. The summed E-state index contributed by atoms with van der Waals surface area (Å²) >= 11 is 0. The molecule has 0 aliphatic rings. The van der Waals surface area contributed by atoms with Crippen LogP contribution < -0.4 is 15.6 Å². The maximum Gasteiger partial charge on any atom is 0.324 e. The first-order valence-electron chi connectivity index (χ1n) is 8.25. The number of furan rings is 1. The second-order valence-corrected chi connectivity index (χ2v) is 7.90. The first-order chi connectivity index (χ1) is 12.6. The molecule has 0 unspecified atom stereocenters. The van der Waals surface area contributed by atoms with Gasteiger partial charge in [-0.2, -0.15) is 0 Å². The molecule has 0 aliphatic heterocycles. The van der Waals surface area contributed by atoms with E-state index in [9.17, 15) is 18.0 Å². The highest BCUT2D eigenvalue weighted by Gasteiger charge is 2.25. The molecule has 0 spiro atoms. The number of nitrogens with one attached hydrogen (secondary N) is 3. The second kappa shape index (κ2) is 7.93. The first kappa shape index (κ1) is 20.7. The van der Waals surface area contributed by atoms with Gasteiger partial charge in [-0.25, -0.2) is 8.42 Å². The molecule has 8 nitrogen and oxygen atoms in total. The summed E-state index contributed by atoms with van der Waals surface area (Å²) in [7, 11) is -4.05. The highest BCUT2D eigenvalue weighted by Crippen LogP contribution is 2.29.